The number of H-pyrrole nitrogens is 1. The highest BCUT2D eigenvalue weighted by molar-refractivity contribution is 6.04. The van der Waals surface area contributed by atoms with Crippen molar-refractivity contribution in [3.8, 4) is 22.4 Å². The number of hydrogen-bond acceptors (Lipinski definition) is 2. The van der Waals surface area contributed by atoms with E-state index in [2.05, 4.69) is 18.8 Å². The molecule has 1 N–H and O–H groups in total. The van der Waals surface area contributed by atoms with Gasteiger partial charge in [0, 0.05) is 11.3 Å². The van der Waals surface area contributed by atoms with E-state index in [1.54, 1.807) is 0 Å². The highest BCUT2D eigenvalue weighted by Gasteiger charge is 2.27. The van der Waals surface area contributed by atoms with Gasteiger partial charge >= 0.3 is 5.97 Å². The number of esters is 1. The van der Waals surface area contributed by atoms with Crippen molar-refractivity contribution >= 4 is 5.97 Å². The largest absolute Gasteiger partial charge is 0.462 e. The number of nitrogens with one attached hydrogen (secondary N) is 1. The normalized spacial score (nSPS) is 10.9. The van der Waals surface area contributed by atoms with Crippen LogP contribution in [-0.4, -0.2) is 17.6 Å². The van der Waals surface area contributed by atoms with Crippen molar-refractivity contribution in [2.45, 2.75) is 26.7 Å². The molecule has 3 heteroatoms. The summed E-state index contributed by atoms with van der Waals surface area (Å²) in [5.74, 6) is -0.0378. The predicted molar refractivity (Wildman–Crippen MR) is 102 cm³/mol. The molecule has 0 aliphatic rings. The van der Waals surface area contributed by atoms with Crippen LogP contribution in [0.25, 0.3) is 22.4 Å². The zero-order valence-electron chi connectivity index (χ0n) is 14.9. The molecule has 0 amide bonds. The maximum atomic E-state index is 12.8. The molecule has 0 atom stereocenters. The minimum absolute atomic E-state index is 0.251. The van der Waals surface area contributed by atoms with Crippen molar-refractivity contribution in [1.82, 2.24) is 4.98 Å². The first-order chi connectivity index (χ1) is 12.1. The molecule has 0 saturated heterocycles. The second-order valence-electron chi connectivity index (χ2n) is 6.27. The molecule has 1 heterocycles. The third-order valence-corrected chi connectivity index (χ3v) is 4.21. The molecule has 3 rings (SSSR count). The summed E-state index contributed by atoms with van der Waals surface area (Å²) in [6.45, 7) is 6.44. The minimum Gasteiger partial charge on any atom is -0.462 e. The van der Waals surface area contributed by atoms with Crippen molar-refractivity contribution in [3.63, 3.8) is 0 Å². The van der Waals surface area contributed by atoms with E-state index >= 15 is 0 Å². The Morgan fingerprint density at radius 2 is 1.52 bits per heavy atom. The average Bonchev–Trinajstić information content (AvgIpc) is 3.04. The molecule has 0 radical (unpaired) electrons. The van der Waals surface area contributed by atoms with E-state index in [9.17, 15) is 4.79 Å². The van der Waals surface area contributed by atoms with E-state index in [0.717, 1.165) is 28.1 Å². The Labute approximate surface area is 148 Å². The summed E-state index contributed by atoms with van der Waals surface area (Å²) < 4.78 is 5.39. The van der Waals surface area contributed by atoms with Crippen LogP contribution < -0.4 is 0 Å². The van der Waals surface area contributed by atoms with E-state index in [0.29, 0.717) is 12.2 Å². The molecule has 2 aromatic carbocycles. The van der Waals surface area contributed by atoms with Crippen molar-refractivity contribution in [1.29, 1.82) is 0 Å². The zero-order chi connectivity index (χ0) is 17.8. The van der Waals surface area contributed by atoms with Crippen LogP contribution >= 0.6 is 0 Å². The lowest BCUT2D eigenvalue weighted by Gasteiger charge is -2.10. The quantitative estimate of drug-likeness (QED) is 0.613. The number of hydrogen-bond donors (Lipinski definition) is 1. The molecular weight excluding hydrogens is 310 g/mol. The number of aromatic nitrogens is 1. The summed E-state index contributed by atoms with van der Waals surface area (Å²) in [4.78, 5) is 16.3. The molecule has 1 aromatic heterocycles. The summed E-state index contributed by atoms with van der Waals surface area (Å²) in [5, 5.41) is 0. The Morgan fingerprint density at radius 1 is 0.960 bits per heavy atom. The Kier molecular flexibility index (Phi) is 5.03. The lowest BCUT2D eigenvalue weighted by atomic mass is 9.94. The molecule has 3 nitrogen and oxygen atoms in total. The van der Waals surface area contributed by atoms with Crippen molar-refractivity contribution in [2.24, 2.45) is 0 Å². The molecule has 0 aliphatic heterocycles. The zero-order valence-corrected chi connectivity index (χ0v) is 14.9. The number of benzene rings is 2. The van der Waals surface area contributed by atoms with Crippen LogP contribution in [0.5, 0.6) is 0 Å². The van der Waals surface area contributed by atoms with E-state index in [-0.39, 0.29) is 11.9 Å². The summed E-state index contributed by atoms with van der Waals surface area (Å²) in [7, 11) is 0. The summed E-state index contributed by atoms with van der Waals surface area (Å²) in [5.41, 5.74) is 5.42. The molecule has 3 aromatic rings. The maximum absolute atomic E-state index is 12.8. The van der Waals surface area contributed by atoms with Crippen LogP contribution in [0.4, 0.5) is 0 Å². The van der Waals surface area contributed by atoms with Crippen LogP contribution in [0.2, 0.25) is 0 Å². The van der Waals surface area contributed by atoms with Gasteiger partial charge in [0.25, 0.3) is 0 Å². The fourth-order valence-corrected chi connectivity index (χ4v) is 3.09. The number of aromatic amines is 1. The third-order valence-electron chi connectivity index (χ3n) is 4.21. The van der Waals surface area contributed by atoms with Gasteiger partial charge in [-0.15, -0.1) is 0 Å². The monoisotopic (exact) mass is 333 g/mol. The molecule has 0 spiro atoms. The second-order valence-corrected chi connectivity index (χ2v) is 6.27. The average molecular weight is 333 g/mol. The summed E-state index contributed by atoms with van der Waals surface area (Å²) >= 11 is 0. The smallest absolute Gasteiger partial charge is 0.340 e. The molecule has 0 fully saturated rings. The summed E-state index contributed by atoms with van der Waals surface area (Å²) in [6, 6.07) is 20.0. The summed E-state index contributed by atoms with van der Waals surface area (Å²) in [6.07, 6.45) is 0. The molecule has 0 saturated carbocycles. The number of rotatable bonds is 5. The fourth-order valence-electron chi connectivity index (χ4n) is 3.09. The maximum Gasteiger partial charge on any atom is 0.340 e. The standard InChI is InChI=1S/C22H23NO2/c1-4-25-22(24)19-18(16-11-7-5-8-12-16)20(15(2)3)23-21(19)17-13-9-6-10-14-17/h5-15,23H,4H2,1-3H3. The van der Waals surface area contributed by atoms with E-state index in [4.69, 9.17) is 4.74 Å². The number of carbonyl (C=O) groups is 1. The lowest BCUT2D eigenvalue weighted by Crippen LogP contribution is -2.07. The van der Waals surface area contributed by atoms with Crippen LogP contribution in [0.3, 0.4) is 0 Å². The first kappa shape index (κ1) is 17.0. The molecular formula is C22H23NO2. The van der Waals surface area contributed by atoms with Gasteiger partial charge in [-0.3, -0.25) is 0 Å². The van der Waals surface area contributed by atoms with Crippen LogP contribution in [-0.2, 0) is 4.74 Å². The van der Waals surface area contributed by atoms with Gasteiger partial charge in [-0.05, 0) is 24.0 Å². The van der Waals surface area contributed by atoms with E-state index in [1.807, 2.05) is 67.6 Å². The topological polar surface area (TPSA) is 42.1 Å². The first-order valence-electron chi connectivity index (χ1n) is 8.67. The van der Waals surface area contributed by atoms with Crippen LogP contribution in [0, 0.1) is 0 Å². The lowest BCUT2D eigenvalue weighted by molar-refractivity contribution is 0.0528. The predicted octanol–water partition coefficient (Wildman–Crippen LogP) is 5.65. The van der Waals surface area contributed by atoms with Gasteiger partial charge < -0.3 is 9.72 Å². The SMILES string of the molecule is CCOC(=O)c1c(-c2ccccc2)[nH]c(C(C)C)c1-c1ccccc1. The van der Waals surface area contributed by atoms with Crippen LogP contribution in [0.1, 0.15) is 42.7 Å². The minimum atomic E-state index is -0.289. The fraction of sp³-hybridized carbons (Fsp3) is 0.227. The van der Waals surface area contributed by atoms with Gasteiger partial charge in [0.1, 0.15) is 0 Å². The van der Waals surface area contributed by atoms with Gasteiger partial charge in [0.15, 0.2) is 0 Å². The Bertz CT molecular complexity index is 848. The van der Waals surface area contributed by atoms with Gasteiger partial charge in [-0.25, -0.2) is 4.79 Å². The van der Waals surface area contributed by atoms with Gasteiger partial charge in [-0.2, -0.15) is 0 Å². The van der Waals surface area contributed by atoms with Gasteiger partial charge in [0.2, 0.25) is 0 Å². The van der Waals surface area contributed by atoms with Gasteiger partial charge in [0.05, 0.1) is 17.9 Å². The second kappa shape index (κ2) is 7.39. The molecule has 25 heavy (non-hydrogen) atoms. The van der Waals surface area contributed by atoms with Crippen molar-refractivity contribution < 1.29 is 9.53 Å². The van der Waals surface area contributed by atoms with Gasteiger partial charge in [-0.1, -0.05) is 74.5 Å². The molecule has 0 unspecified atom stereocenters. The highest BCUT2D eigenvalue weighted by Crippen LogP contribution is 2.39. The highest BCUT2D eigenvalue weighted by atomic mass is 16.5. The van der Waals surface area contributed by atoms with Crippen molar-refractivity contribution in [2.75, 3.05) is 6.61 Å². The Morgan fingerprint density at radius 3 is 2.04 bits per heavy atom. The number of carbonyl (C=O) groups excluding carboxylic acids is 1. The number of ether oxygens (including phenoxy) is 1. The Balaban J connectivity index is 2.31. The van der Waals surface area contributed by atoms with Crippen molar-refractivity contribution in [3.05, 3.63) is 71.9 Å². The molecule has 128 valence electrons. The van der Waals surface area contributed by atoms with E-state index < -0.39 is 0 Å². The van der Waals surface area contributed by atoms with E-state index in [1.165, 1.54) is 0 Å². The van der Waals surface area contributed by atoms with Crippen LogP contribution in [0.15, 0.2) is 60.7 Å². The first-order valence-corrected chi connectivity index (χ1v) is 8.67. The molecule has 0 bridgehead atoms. The molecule has 0 aliphatic carbocycles. The Hall–Kier alpha value is -2.81. The third kappa shape index (κ3) is 3.36.